The molecule has 2 fully saturated rings. The van der Waals surface area contributed by atoms with Gasteiger partial charge in [-0.3, -0.25) is 4.90 Å². The Bertz CT molecular complexity index is 206. The molecule has 0 bridgehead atoms. The maximum atomic E-state index is 5.87. The van der Waals surface area contributed by atoms with Crippen molar-refractivity contribution in [1.82, 2.24) is 4.90 Å². The summed E-state index contributed by atoms with van der Waals surface area (Å²) in [4.78, 5) is 2.62. The summed E-state index contributed by atoms with van der Waals surface area (Å²) >= 11 is 3.54. The van der Waals surface area contributed by atoms with Gasteiger partial charge in [-0.25, -0.2) is 0 Å². The quantitative estimate of drug-likeness (QED) is 0.741. The molecule has 2 atom stereocenters. The second-order valence-electron chi connectivity index (χ2n) is 5.45. The number of morpholine rings is 1. The van der Waals surface area contributed by atoms with Gasteiger partial charge in [0.05, 0.1) is 12.2 Å². The SMILES string of the molecule is CC1CN(CC2CCCCC2)CC(CBr)O1. The zero-order valence-corrected chi connectivity index (χ0v) is 11.9. The Morgan fingerprint density at radius 2 is 1.94 bits per heavy atom. The van der Waals surface area contributed by atoms with Crippen molar-refractivity contribution in [3.63, 3.8) is 0 Å². The van der Waals surface area contributed by atoms with Crippen LogP contribution < -0.4 is 0 Å². The number of hydrogen-bond acceptors (Lipinski definition) is 2. The van der Waals surface area contributed by atoms with E-state index in [1.165, 1.54) is 38.6 Å². The first-order chi connectivity index (χ1) is 7.78. The van der Waals surface area contributed by atoms with Gasteiger partial charge >= 0.3 is 0 Å². The molecule has 16 heavy (non-hydrogen) atoms. The van der Waals surface area contributed by atoms with E-state index in [0.29, 0.717) is 12.2 Å². The van der Waals surface area contributed by atoms with Gasteiger partial charge in [0.1, 0.15) is 0 Å². The number of hydrogen-bond donors (Lipinski definition) is 0. The lowest BCUT2D eigenvalue weighted by Gasteiger charge is -2.38. The van der Waals surface area contributed by atoms with Crippen LogP contribution in [0.25, 0.3) is 0 Å². The molecule has 0 spiro atoms. The van der Waals surface area contributed by atoms with Crippen LogP contribution in [-0.2, 0) is 4.74 Å². The van der Waals surface area contributed by atoms with E-state index in [9.17, 15) is 0 Å². The molecule has 0 aromatic carbocycles. The first kappa shape index (κ1) is 12.8. The monoisotopic (exact) mass is 289 g/mol. The largest absolute Gasteiger partial charge is 0.372 e. The molecular weight excluding hydrogens is 266 g/mol. The van der Waals surface area contributed by atoms with E-state index >= 15 is 0 Å². The third-order valence-electron chi connectivity index (χ3n) is 3.82. The van der Waals surface area contributed by atoms with Crippen LogP contribution >= 0.6 is 15.9 Å². The third kappa shape index (κ3) is 3.71. The lowest BCUT2D eigenvalue weighted by molar-refractivity contribution is -0.0698. The highest BCUT2D eigenvalue weighted by Crippen LogP contribution is 2.25. The molecule has 1 heterocycles. The summed E-state index contributed by atoms with van der Waals surface area (Å²) in [6.45, 7) is 5.74. The summed E-state index contributed by atoms with van der Waals surface area (Å²) in [7, 11) is 0. The number of alkyl halides is 1. The van der Waals surface area contributed by atoms with Crippen molar-refractivity contribution in [3.05, 3.63) is 0 Å². The van der Waals surface area contributed by atoms with Gasteiger partial charge < -0.3 is 4.74 Å². The van der Waals surface area contributed by atoms with Crippen molar-refractivity contribution < 1.29 is 4.74 Å². The number of nitrogens with zero attached hydrogens (tertiary/aromatic N) is 1. The van der Waals surface area contributed by atoms with Crippen LogP contribution in [0.5, 0.6) is 0 Å². The summed E-state index contributed by atoms with van der Waals surface area (Å²) in [5.74, 6) is 0.954. The van der Waals surface area contributed by atoms with Gasteiger partial charge in [-0.1, -0.05) is 35.2 Å². The predicted molar refractivity (Wildman–Crippen MR) is 71.1 cm³/mol. The molecule has 2 unspecified atom stereocenters. The van der Waals surface area contributed by atoms with Crippen molar-refractivity contribution in [3.8, 4) is 0 Å². The molecule has 1 aliphatic carbocycles. The lowest BCUT2D eigenvalue weighted by Crippen LogP contribution is -2.48. The number of halogens is 1. The Morgan fingerprint density at radius 3 is 2.62 bits per heavy atom. The molecule has 2 aliphatic rings. The average molecular weight is 290 g/mol. The standard InChI is InChI=1S/C13H24BrNO/c1-11-8-15(10-13(7-14)16-11)9-12-5-3-2-4-6-12/h11-13H,2-10H2,1H3. The fourth-order valence-electron chi connectivity index (χ4n) is 3.11. The van der Waals surface area contributed by atoms with Gasteiger partial charge in [0.2, 0.25) is 0 Å². The van der Waals surface area contributed by atoms with Crippen LogP contribution in [0.4, 0.5) is 0 Å². The molecule has 94 valence electrons. The van der Waals surface area contributed by atoms with Crippen LogP contribution in [0.1, 0.15) is 39.0 Å². The van der Waals surface area contributed by atoms with Gasteiger partial charge in [-0.15, -0.1) is 0 Å². The van der Waals surface area contributed by atoms with Crippen LogP contribution in [0, 0.1) is 5.92 Å². The predicted octanol–water partition coefficient (Wildman–Crippen LogP) is 3.05. The highest BCUT2D eigenvalue weighted by atomic mass is 79.9. The Morgan fingerprint density at radius 1 is 1.19 bits per heavy atom. The fraction of sp³-hybridized carbons (Fsp3) is 1.00. The maximum absolute atomic E-state index is 5.87. The molecule has 3 heteroatoms. The van der Waals surface area contributed by atoms with Gasteiger partial charge in [-0.05, 0) is 25.7 Å². The summed E-state index contributed by atoms with van der Waals surface area (Å²) in [6.07, 6.45) is 8.06. The zero-order chi connectivity index (χ0) is 11.4. The Kier molecular flexibility index (Phi) is 5.11. The van der Waals surface area contributed by atoms with Gasteiger partial charge in [0.15, 0.2) is 0 Å². The Hall–Kier alpha value is 0.400. The van der Waals surface area contributed by atoms with Crippen molar-refractivity contribution in [2.24, 2.45) is 5.92 Å². The van der Waals surface area contributed by atoms with E-state index in [2.05, 4.69) is 27.8 Å². The number of rotatable bonds is 3. The number of ether oxygens (including phenoxy) is 1. The van der Waals surface area contributed by atoms with Crippen LogP contribution in [0.2, 0.25) is 0 Å². The van der Waals surface area contributed by atoms with E-state index in [1.54, 1.807) is 0 Å². The molecule has 2 nitrogen and oxygen atoms in total. The molecule has 0 aromatic heterocycles. The van der Waals surface area contributed by atoms with Gasteiger partial charge in [0.25, 0.3) is 0 Å². The first-order valence-corrected chi connectivity index (χ1v) is 7.84. The van der Waals surface area contributed by atoms with E-state index in [1.807, 2.05) is 0 Å². The van der Waals surface area contributed by atoms with E-state index in [4.69, 9.17) is 4.74 Å². The molecule has 0 radical (unpaired) electrons. The molecule has 0 amide bonds. The van der Waals surface area contributed by atoms with E-state index < -0.39 is 0 Å². The van der Waals surface area contributed by atoms with Crippen LogP contribution in [0.3, 0.4) is 0 Å². The Balaban J connectivity index is 1.78. The highest BCUT2D eigenvalue weighted by Gasteiger charge is 2.26. The summed E-state index contributed by atoms with van der Waals surface area (Å²) in [6, 6.07) is 0. The summed E-state index contributed by atoms with van der Waals surface area (Å²) in [5.41, 5.74) is 0. The molecule has 2 rings (SSSR count). The second-order valence-corrected chi connectivity index (χ2v) is 6.09. The van der Waals surface area contributed by atoms with Crippen molar-refractivity contribution in [1.29, 1.82) is 0 Å². The lowest BCUT2D eigenvalue weighted by atomic mass is 9.88. The van der Waals surface area contributed by atoms with Gasteiger partial charge in [0, 0.05) is 25.0 Å². The van der Waals surface area contributed by atoms with E-state index in [0.717, 1.165) is 24.3 Å². The van der Waals surface area contributed by atoms with Gasteiger partial charge in [-0.2, -0.15) is 0 Å². The molecule has 1 aliphatic heterocycles. The molecule has 1 saturated carbocycles. The average Bonchev–Trinajstić information content (AvgIpc) is 2.29. The smallest absolute Gasteiger partial charge is 0.0802 e. The minimum atomic E-state index is 0.396. The van der Waals surface area contributed by atoms with Crippen molar-refractivity contribution >= 4 is 15.9 Å². The van der Waals surface area contributed by atoms with Crippen LogP contribution in [-0.4, -0.2) is 42.1 Å². The van der Waals surface area contributed by atoms with Crippen molar-refractivity contribution in [2.75, 3.05) is 25.0 Å². The molecule has 0 N–H and O–H groups in total. The second kappa shape index (κ2) is 6.36. The van der Waals surface area contributed by atoms with Crippen molar-refractivity contribution in [2.45, 2.75) is 51.2 Å². The summed E-state index contributed by atoms with van der Waals surface area (Å²) < 4.78 is 5.87. The Labute approximate surface area is 108 Å². The third-order valence-corrected chi connectivity index (χ3v) is 4.54. The minimum absolute atomic E-state index is 0.396. The van der Waals surface area contributed by atoms with E-state index in [-0.39, 0.29) is 0 Å². The molecule has 1 saturated heterocycles. The topological polar surface area (TPSA) is 12.5 Å². The van der Waals surface area contributed by atoms with Crippen LogP contribution in [0.15, 0.2) is 0 Å². The maximum Gasteiger partial charge on any atom is 0.0802 e. The fourth-order valence-corrected chi connectivity index (χ4v) is 3.47. The summed E-state index contributed by atoms with van der Waals surface area (Å²) in [5, 5.41) is 0.971. The molecule has 0 aromatic rings. The first-order valence-electron chi connectivity index (χ1n) is 6.71. The molecular formula is C13H24BrNO. The normalized spacial score (nSPS) is 34.1. The highest BCUT2D eigenvalue weighted by molar-refractivity contribution is 9.09. The zero-order valence-electron chi connectivity index (χ0n) is 10.3. The minimum Gasteiger partial charge on any atom is -0.372 e.